The molecule has 1 aliphatic rings. The Labute approximate surface area is 217 Å². The third kappa shape index (κ3) is 7.05. The summed E-state index contributed by atoms with van der Waals surface area (Å²) in [4.78, 5) is 4.70. The maximum Gasteiger partial charge on any atom is 0.161 e. The average molecular weight is 500 g/mol. The van der Waals surface area contributed by atoms with Crippen molar-refractivity contribution in [1.29, 1.82) is 0 Å². The predicted molar refractivity (Wildman–Crippen MR) is 146 cm³/mol. The van der Waals surface area contributed by atoms with Gasteiger partial charge in [-0.05, 0) is 73.6 Å². The van der Waals surface area contributed by atoms with Crippen LogP contribution in [0.3, 0.4) is 0 Å². The van der Waals surface area contributed by atoms with Gasteiger partial charge in [-0.25, -0.2) is 0 Å². The average Bonchev–Trinajstić information content (AvgIpc) is 2.92. The highest BCUT2D eigenvalue weighted by molar-refractivity contribution is 5.53. The highest BCUT2D eigenvalue weighted by Gasteiger charge is 2.25. The molecule has 0 bridgehead atoms. The number of rotatable bonds is 15. The molecule has 1 unspecified atom stereocenters. The zero-order chi connectivity index (χ0) is 25.9. The zero-order valence-corrected chi connectivity index (χ0v) is 23.1. The maximum absolute atomic E-state index is 6.22. The van der Waals surface area contributed by atoms with Crippen LogP contribution in [0.2, 0.25) is 0 Å². The molecule has 0 spiro atoms. The van der Waals surface area contributed by atoms with Crippen molar-refractivity contribution >= 4 is 0 Å². The van der Waals surface area contributed by atoms with Crippen LogP contribution in [0.25, 0.3) is 0 Å². The van der Waals surface area contributed by atoms with Crippen molar-refractivity contribution in [2.75, 3.05) is 73.2 Å². The van der Waals surface area contributed by atoms with Crippen LogP contribution in [0.5, 0.6) is 23.0 Å². The van der Waals surface area contributed by atoms with Crippen LogP contribution < -0.4 is 24.3 Å². The molecule has 0 saturated carbocycles. The van der Waals surface area contributed by atoms with Crippen molar-refractivity contribution in [2.45, 2.75) is 40.2 Å². The number of ether oxygens (including phenoxy) is 4. The van der Waals surface area contributed by atoms with Gasteiger partial charge in [0.2, 0.25) is 0 Å². The predicted octanol–water partition coefficient (Wildman–Crippen LogP) is 4.38. The fourth-order valence-corrected chi connectivity index (χ4v) is 4.77. The Morgan fingerprint density at radius 2 is 1.33 bits per heavy atom. The number of nitrogens with zero attached hydrogens (tertiary/aromatic N) is 2. The third-order valence-electron chi connectivity index (χ3n) is 7.12. The number of nitrogens with one attached hydrogen (secondary N) is 1. The molecule has 0 radical (unpaired) electrons. The first-order valence-corrected chi connectivity index (χ1v) is 13.4. The summed E-state index contributed by atoms with van der Waals surface area (Å²) in [5, 5.41) is 3.69. The quantitative estimate of drug-likeness (QED) is 0.390. The van der Waals surface area contributed by atoms with Gasteiger partial charge in [0.25, 0.3) is 0 Å². The van der Waals surface area contributed by atoms with Crippen molar-refractivity contribution in [3.8, 4) is 23.0 Å². The smallest absolute Gasteiger partial charge is 0.161 e. The topological polar surface area (TPSA) is 55.4 Å². The van der Waals surface area contributed by atoms with Crippen LogP contribution in [0.1, 0.15) is 50.4 Å². The molecule has 200 valence electrons. The SMILES string of the molecule is CCN(CC)CCOc1ccc(C2NCCc3cc(OC)c(OCCN(CC)CC)cc32)cc1OC. The fraction of sp³-hybridized carbons (Fsp3) is 0.586. The summed E-state index contributed by atoms with van der Waals surface area (Å²) in [6.45, 7) is 16.7. The molecular weight excluding hydrogens is 454 g/mol. The molecule has 36 heavy (non-hydrogen) atoms. The summed E-state index contributed by atoms with van der Waals surface area (Å²) in [5.74, 6) is 3.12. The highest BCUT2D eigenvalue weighted by atomic mass is 16.5. The van der Waals surface area contributed by atoms with Crippen LogP contribution >= 0.6 is 0 Å². The number of hydrogen-bond acceptors (Lipinski definition) is 7. The largest absolute Gasteiger partial charge is 0.493 e. The van der Waals surface area contributed by atoms with E-state index in [0.717, 1.165) is 80.8 Å². The molecule has 1 atom stereocenters. The van der Waals surface area contributed by atoms with Crippen molar-refractivity contribution in [2.24, 2.45) is 0 Å². The van der Waals surface area contributed by atoms with E-state index in [1.54, 1.807) is 14.2 Å². The van der Waals surface area contributed by atoms with Crippen molar-refractivity contribution in [3.63, 3.8) is 0 Å². The molecule has 0 fully saturated rings. The van der Waals surface area contributed by atoms with E-state index in [4.69, 9.17) is 18.9 Å². The van der Waals surface area contributed by atoms with E-state index in [0.29, 0.717) is 13.2 Å². The molecule has 2 aromatic rings. The molecule has 0 amide bonds. The second-order valence-corrected chi connectivity index (χ2v) is 9.00. The second-order valence-electron chi connectivity index (χ2n) is 9.00. The first kappa shape index (κ1) is 28.1. The lowest BCUT2D eigenvalue weighted by atomic mass is 9.89. The molecule has 0 aromatic heterocycles. The Bertz CT molecular complexity index is 944. The van der Waals surface area contributed by atoms with Gasteiger partial charge in [0.15, 0.2) is 23.0 Å². The number of likely N-dealkylation sites (N-methyl/N-ethyl adjacent to an activating group) is 2. The zero-order valence-electron chi connectivity index (χ0n) is 23.1. The Morgan fingerprint density at radius 3 is 1.92 bits per heavy atom. The van der Waals surface area contributed by atoms with Gasteiger partial charge in [-0.2, -0.15) is 0 Å². The molecule has 1 aliphatic heterocycles. The Kier molecular flexibility index (Phi) is 11.2. The summed E-state index contributed by atoms with van der Waals surface area (Å²) >= 11 is 0. The first-order chi connectivity index (χ1) is 17.6. The van der Waals surface area contributed by atoms with Crippen LogP contribution in [0, 0.1) is 0 Å². The summed E-state index contributed by atoms with van der Waals surface area (Å²) in [6.07, 6.45) is 0.950. The number of fused-ring (bicyclic) bond motifs is 1. The van der Waals surface area contributed by atoms with Crippen LogP contribution in [0.4, 0.5) is 0 Å². The van der Waals surface area contributed by atoms with E-state index >= 15 is 0 Å². The van der Waals surface area contributed by atoms with Gasteiger partial charge in [0.1, 0.15) is 13.2 Å². The molecule has 7 heteroatoms. The lowest BCUT2D eigenvalue weighted by molar-refractivity contribution is 0.216. The minimum atomic E-state index is 0.0448. The van der Waals surface area contributed by atoms with E-state index in [9.17, 15) is 0 Å². The van der Waals surface area contributed by atoms with Crippen LogP contribution in [0.15, 0.2) is 30.3 Å². The molecule has 3 rings (SSSR count). The lowest BCUT2D eigenvalue weighted by Gasteiger charge is -2.29. The van der Waals surface area contributed by atoms with Crippen molar-refractivity contribution in [3.05, 3.63) is 47.0 Å². The number of benzene rings is 2. The van der Waals surface area contributed by atoms with Gasteiger partial charge < -0.3 is 34.1 Å². The maximum atomic E-state index is 6.22. The van der Waals surface area contributed by atoms with Gasteiger partial charge in [-0.3, -0.25) is 0 Å². The lowest BCUT2D eigenvalue weighted by Crippen LogP contribution is -2.31. The van der Waals surface area contributed by atoms with Crippen molar-refractivity contribution < 1.29 is 18.9 Å². The molecule has 1 N–H and O–H groups in total. The van der Waals surface area contributed by atoms with Crippen LogP contribution in [-0.2, 0) is 6.42 Å². The second kappa shape index (κ2) is 14.3. The standard InChI is InChI=1S/C29H45N3O4/c1-7-31(8-2)15-17-35-25-12-11-23(20-26(25)33-5)29-24-21-28(36-18-16-32(9-3)10-4)27(34-6)19-22(24)13-14-30-29/h11-12,19-21,29-30H,7-10,13-18H2,1-6H3. The van der Waals surface area contributed by atoms with Gasteiger partial charge in [0, 0.05) is 19.6 Å². The van der Waals surface area contributed by atoms with Gasteiger partial charge in [-0.15, -0.1) is 0 Å². The van der Waals surface area contributed by atoms with E-state index in [1.807, 2.05) is 6.07 Å². The van der Waals surface area contributed by atoms with Gasteiger partial charge >= 0.3 is 0 Å². The summed E-state index contributed by atoms with van der Waals surface area (Å²) in [7, 11) is 3.41. The molecule has 2 aromatic carbocycles. The minimum absolute atomic E-state index is 0.0448. The van der Waals surface area contributed by atoms with Crippen LogP contribution in [-0.4, -0.2) is 83.0 Å². The Hall–Kier alpha value is -2.48. The molecule has 7 nitrogen and oxygen atoms in total. The van der Waals surface area contributed by atoms with E-state index in [1.165, 1.54) is 11.1 Å². The Balaban J connectivity index is 1.80. The van der Waals surface area contributed by atoms with E-state index in [2.05, 4.69) is 67.1 Å². The molecule has 0 aliphatic carbocycles. The molecule has 1 heterocycles. The van der Waals surface area contributed by atoms with Gasteiger partial charge in [-0.1, -0.05) is 33.8 Å². The van der Waals surface area contributed by atoms with Crippen molar-refractivity contribution in [1.82, 2.24) is 15.1 Å². The molecular formula is C29H45N3O4. The summed E-state index contributed by atoms with van der Waals surface area (Å²) < 4.78 is 23.7. The minimum Gasteiger partial charge on any atom is -0.493 e. The van der Waals surface area contributed by atoms with Gasteiger partial charge in [0.05, 0.1) is 20.3 Å². The van der Waals surface area contributed by atoms with E-state index < -0.39 is 0 Å². The monoisotopic (exact) mass is 499 g/mol. The summed E-state index contributed by atoms with van der Waals surface area (Å²) in [5.41, 5.74) is 3.64. The summed E-state index contributed by atoms with van der Waals surface area (Å²) in [6, 6.07) is 10.6. The highest BCUT2D eigenvalue weighted by Crippen LogP contribution is 2.39. The fourth-order valence-electron chi connectivity index (χ4n) is 4.77. The number of hydrogen-bond donors (Lipinski definition) is 1. The third-order valence-corrected chi connectivity index (χ3v) is 7.12. The molecule has 0 saturated heterocycles. The van der Waals surface area contributed by atoms with E-state index in [-0.39, 0.29) is 6.04 Å². The number of methoxy groups -OCH3 is 2. The normalized spacial score (nSPS) is 15.2. The Morgan fingerprint density at radius 1 is 0.750 bits per heavy atom. The first-order valence-electron chi connectivity index (χ1n) is 13.4.